The number of hydrogen-bond donors (Lipinski definition) is 1. The molecule has 0 atom stereocenters. The summed E-state index contributed by atoms with van der Waals surface area (Å²) in [6, 6.07) is 5.85. The van der Waals surface area contributed by atoms with Crippen molar-refractivity contribution < 1.29 is 4.79 Å². The molecule has 3 aromatic rings. The SMILES string of the molecule is Cc1ccc(NC(=O)CSc2ncnc3c2nnn3C)cc1C. The van der Waals surface area contributed by atoms with Crippen LogP contribution in [0.1, 0.15) is 11.1 Å². The molecule has 0 spiro atoms. The molecule has 0 saturated heterocycles. The van der Waals surface area contributed by atoms with Crippen LogP contribution in [0, 0.1) is 13.8 Å². The first kappa shape index (κ1) is 15.4. The average Bonchev–Trinajstić information content (AvgIpc) is 2.91. The zero-order valence-corrected chi connectivity index (χ0v) is 13.9. The van der Waals surface area contributed by atoms with Crippen LogP contribution in [0.5, 0.6) is 0 Å². The Hall–Kier alpha value is -2.48. The molecule has 0 unspecified atom stereocenters. The molecule has 2 heterocycles. The second-order valence-corrected chi connectivity index (χ2v) is 6.16. The van der Waals surface area contributed by atoms with Gasteiger partial charge in [-0.3, -0.25) is 4.79 Å². The lowest BCUT2D eigenvalue weighted by Crippen LogP contribution is -2.14. The standard InChI is InChI=1S/C15H16N6OS/c1-9-4-5-11(6-10(9)2)18-12(22)7-23-15-13-14(16-8-17-15)21(3)20-19-13/h4-6,8H,7H2,1-3H3,(H,18,22). The van der Waals surface area contributed by atoms with E-state index in [1.54, 1.807) is 11.7 Å². The van der Waals surface area contributed by atoms with Crippen LogP contribution in [0.2, 0.25) is 0 Å². The van der Waals surface area contributed by atoms with Gasteiger partial charge in [-0.05, 0) is 37.1 Å². The lowest BCUT2D eigenvalue weighted by molar-refractivity contribution is -0.113. The molecule has 8 heteroatoms. The zero-order valence-electron chi connectivity index (χ0n) is 13.1. The van der Waals surface area contributed by atoms with Crippen LogP contribution >= 0.6 is 11.8 Å². The molecule has 1 aromatic carbocycles. The predicted octanol–water partition coefficient (Wildman–Crippen LogP) is 2.11. The molecule has 1 N–H and O–H groups in total. The highest BCUT2D eigenvalue weighted by Crippen LogP contribution is 2.22. The maximum Gasteiger partial charge on any atom is 0.234 e. The summed E-state index contributed by atoms with van der Waals surface area (Å²) < 4.78 is 1.58. The fourth-order valence-electron chi connectivity index (χ4n) is 2.09. The van der Waals surface area contributed by atoms with Crippen LogP contribution in [0.25, 0.3) is 11.2 Å². The molecule has 0 aliphatic carbocycles. The molecular weight excluding hydrogens is 312 g/mol. The fourth-order valence-corrected chi connectivity index (χ4v) is 2.82. The first-order valence-electron chi connectivity index (χ1n) is 7.05. The lowest BCUT2D eigenvalue weighted by atomic mass is 10.1. The summed E-state index contributed by atoms with van der Waals surface area (Å²) in [5.74, 6) is 0.157. The first-order chi connectivity index (χ1) is 11.0. The van der Waals surface area contributed by atoms with Crippen molar-refractivity contribution in [3.05, 3.63) is 35.7 Å². The normalized spacial score (nSPS) is 10.9. The molecule has 0 radical (unpaired) electrons. The third-order valence-electron chi connectivity index (χ3n) is 3.49. The third kappa shape index (κ3) is 3.31. The largest absolute Gasteiger partial charge is 0.325 e. The van der Waals surface area contributed by atoms with Gasteiger partial charge in [0.25, 0.3) is 0 Å². The van der Waals surface area contributed by atoms with Gasteiger partial charge in [-0.2, -0.15) is 0 Å². The van der Waals surface area contributed by atoms with Gasteiger partial charge in [0.2, 0.25) is 5.91 Å². The van der Waals surface area contributed by atoms with E-state index in [2.05, 4.69) is 25.6 Å². The van der Waals surface area contributed by atoms with Crippen LogP contribution in [0.3, 0.4) is 0 Å². The van der Waals surface area contributed by atoms with Crippen molar-refractivity contribution in [3.63, 3.8) is 0 Å². The van der Waals surface area contributed by atoms with Crippen molar-refractivity contribution in [2.75, 3.05) is 11.1 Å². The Bertz CT molecular complexity index is 876. The molecule has 0 saturated carbocycles. The minimum Gasteiger partial charge on any atom is -0.325 e. The summed E-state index contributed by atoms with van der Waals surface area (Å²) in [5, 5.41) is 11.5. The number of carbonyl (C=O) groups is 1. The Labute approximate surface area is 137 Å². The van der Waals surface area contributed by atoms with E-state index in [-0.39, 0.29) is 11.7 Å². The van der Waals surface area contributed by atoms with Crippen molar-refractivity contribution in [1.29, 1.82) is 0 Å². The molecular formula is C15H16N6OS. The molecule has 0 aliphatic heterocycles. The molecule has 3 rings (SSSR count). The summed E-state index contributed by atoms with van der Waals surface area (Å²) in [7, 11) is 1.77. The minimum absolute atomic E-state index is 0.0890. The molecule has 0 aliphatic rings. The van der Waals surface area contributed by atoms with Gasteiger partial charge in [-0.15, -0.1) is 5.10 Å². The molecule has 2 aromatic heterocycles. The van der Waals surface area contributed by atoms with Crippen LogP contribution in [-0.2, 0) is 11.8 Å². The highest BCUT2D eigenvalue weighted by molar-refractivity contribution is 8.00. The van der Waals surface area contributed by atoms with Gasteiger partial charge >= 0.3 is 0 Å². The van der Waals surface area contributed by atoms with Gasteiger partial charge in [-0.1, -0.05) is 23.0 Å². The molecule has 1 amide bonds. The van der Waals surface area contributed by atoms with Gasteiger partial charge in [0.05, 0.1) is 5.75 Å². The van der Waals surface area contributed by atoms with E-state index in [4.69, 9.17) is 0 Å². The summed E-state index contributed by atoms with van der Waals surface area (Å²) in [4.78, 5) is 20.4. The number of nitrogens with one attached hydrogen (secondary N) is 1. The number of hydrogen-bond acceptors (Lipinski definition) is 6. The number of nitrogens with zero attached hydrogens (tertiary/aromatic N) is 5. The van der Waals surface area contributed by atoms with Crippen LogP contribution in [0.15, 0.2) is 29.6 Å². The van der Waals surface area contributed by atoms with E-state index in [0.29, 0.717) is 16.2 Å². The van der Waals surface area contributed by atoms with Gasteiger partial charge in [0.15, 0.2) is 11.2 Å². The fraction of sp³-hybridized carbons (Fsp3) is 0.267. The maximum atomic E-state index is 12.1. The van der Waals surface area contributed by atoms with Crippen LogP contribution < -0.4 is 5.32 Å². The van der Waals surface area contributed by atoms with Crippen molar-refractivity contribution in [2.24, 2.45) is 7.05 Å². The van der Waals surface area contributed by atoms with Gasteiger partial charge < -0.3 is 5.32 Å². The molecule has 23 heavy (non-hydrogen) atoms. The van der Waals surface area contributed by atoms with Gasteiger partial charge in [0, 0.05) is 12.7 Å². The number of fused-ring (bicyclic) bond motifs is 1. The maximum absolute atomic E-state index is 12.1. The summed E-state index contributed by atoms with van der Waals surface area (Å²) in [6.07, 6.45) is 1.45. The quantitative estimate of drug-likeness (QED) is 0.583. The topological polar surface area (TPSA) is 85.6 Å². The summed E-state index contributed by atoms with van der Waals surface area (Å²) >= 11 is 1.32. The van der Waals surface area contributed by atoms with E-state index < -0.39 is 0 Å². The number of benzene rings is 1. The van der Waals surface area contributed by atoms with Crippen LogP contribution in [0.4, 0.5) is 5.69 Å². The van der Waals surface area contributed by atoms with E-state index in [9.17, 15) is 4.79 Å². The van der Waals surface area contributed by atoms with E-state index in [1.807, 2.05) is 32.0 Å². The number of aryl methyl sites for hydroxylation is 3. The highest BCUT2D eigenvalue weighted by Gasteiger charge is 2.12. The summed E-state index contributed by atoms with van der Waals surface area (Å²) in [5.41, 5.74) is 4.40. The van der Waals surface area contributed by atoms with Crippen molar-refractivity contribution >= 4 is 34.5 Å². The van der Waals surface area contributed by atoms with E-state index in [0.717, 1.165) is 11.3 Å². The Morgan fingerprint density at radius 1 is 1.26 bits per heavy atom. The Balaban J connectivity index is 1.67. The van der Waals surface area contributed by atoms with Crippen molar-refractivity contribution in [3.8, 4) is 0 Å². The lowest BCUT2D eigenvalue weighted by Gasteiger charge is -2.07. The average molecular weight is 328 g/mol. The number of rotatable bonds is 4. The van der Waals surface area contributed by atoms with E-state index in [1.165, 1.54) is 23.7 Å². The van der Waals surface area contributed by atoms with E-state index >= 15 is 0 Å². The second-order valence-electron chi connectivity index (χ2n) is 5.20. The molecule has 118 valence electrons. The highest BCUT2D eigenvalue weighted by atomic mass is 32.2. The third-order valence-corrected chi connectivity index (χ3v) is 4.46. The molecule has 0 bridgehead atoms. The second kappa shape index (κ2) is 6.33. The Kier molecular flexibility index (Phi) is 4.24. The number of anilines is 1. The number of amides is 1. The first-order valence-corrected chi connectivity index (χ1v) is 8.03. The predicted molar refractivity (Wildman–Crippen MR) is 89.4 cm³/mol. The number of aromatic nitrogens is 5. The number of thioether (sulfide) groups is 1. The Morgan fingerprint density at radius 2 is 2.09 bits per heavy atom. The zero-order chi connectivity index (χ0) is 16.4. The van der Waals surface area contributed by atoms with Crippen LogP contribution in [-0.4, -0.2) is 36.6 Å². The van der Waals surface area contributed by atoms with Gasteiger partial charge in [0.1, 0.15) is 11.4 Å². The van der Waals surface area contributed by atoms with Gasteiger partial charge in [-0.25, -0.2) is 14.6 Å². The summed E-state index contributed by atoms with van der Waals surface area (Å²) in [6.45, 7) is 4.06. The van der Waals surface area contributed by atoms with Crippen molar-refractivity contribution in [1.82, 2.24) is 25.0 Å². The monoisotopic (exact) mass is 328 g/mol. The Morgan fingerprint density at radius 3 is 2.87 bits per heavy atom. The molecule has 7 nitrogen and oxygen atoms in total. The molecule has 0 fully saturated rings. The smallest absolute Gasteiger partial charge is 0.234 e. The van der Waals surface area contributed by atoms with Crippen molar-refractivity contribution in [2.45, 2.75) is 18.9 Å². The minimum atomic E-state index is -0.0890. The number of carbonyl (C=O) groups excluding carboxylic acids is 1.